The molecule has 0 amide bonds. The predicted molar refractivity (Wildman–Crippen MR) is 101 cm³/mol. The molecule has 0 aromatic heterocycles. The summed E-state index contributed by atoms with van der Waals surface area (Å²) in [5.41, 5.74) is 1.21. The summed E-state index contributed by atoms with van der Waals surface area (Å²) < 4.78 is 47.6. The Morgan fingerprint density at radius 3 is 0.846 bits per heavy atom. The number of hydrogen-bond donors (Lipinski definition) is 0. The van der Waals surface area contributed by atoms with Gasteiger partial charge in [0, 0.05) is 11.1 Å². The van der Waals surface area contributed by atoms with Crippen LogP contribution in [0, 0.1) is 0 Å². The van der Waals surface area contributed by atoms with Crippen LogP contribution in [0.1, 0.15) is 52.2 Å². The van der Waals surface area contributed by atoms with Gasteiger partial charge in [0.05, 0.1) is 0 Å². The predicted octanol–water partition coefficient (Wildman–Crippen LogP) is 8.99. The van der Waals surface area contributed by atoms with Crippen molar-refractivity contribution in [3.63, 3.8) is 0 Å². The van der Waals surface area contributed by atoms with Gasteiger partial charge < -0.3 is 0 Å². The van der Waals surface area contributed by atoms with Crippen LogP contribution in [0.4, 0.5) is 22.3 Å². The van der Waals surface area contributed by atoms with E-state index in [9.17, 15) is 17.6 Å². The molecule has 0 N–H and O–H groups in total. The van der Waals surface area contributed by atoms with Crippen molar-refractivity contribution in [2.24, 2.45) is 0 Å². The fourth-order valence-corrected chi connectivity index (χ4v) is 2.16. The third-order valence-corrected chi connectivity index (χ3v) is 3.89. The summed E-state index contributed by atoms with van der Waals surface area (Å²) in [4.78, 5) is -0.994. The number of halogens is 9. The number of benzene rings is 2. The van der Waals surface area contributed by atoms with E-state index in [1.54, 1.807) is 24.3 Å². The number of alkyl halides is 8. The van der Waals surface area contributed by atoms with Crippen LogP contribution in [-0.4, -0.2) is 0 Å². The van der Waals surface area contributed by atoms with Gasteiger partial charge in [0.1, 0.15) is 9.67 Å². The van der Waals surface area contributed by atoms with Crippen molar-refractivity contribution < 1.29 is 22.3 Å². The van der Waals surface area contributed by atoms with E-state index in [1.165, 1.54) is 0 Å². The van der Waals surface area contributed by atoms with Crippen molar-refractivity contribution in [2.75, 3.05) is 0 Å². The topological polar surface area (TPSA) is 0 Å². The van der Waals surface area contributed by atoms with E-state index in [-0.39, 0.29) is 23.3 Å². The lowest BCUT2D eigenvalue weighted by Gasteiger charge is -2.04. The molecule has 0 spiro atoms. The molecule has 0 radical (unpaired) electrons. The Morgan fingerprint density at radius 2 is 0.692 bits per heavy atom. The van der Waals surface area contributed by atoms with Gasteiger partial charge in [-0.15, -0.1) is 46.4 Å². The van der Waals surface area contributed by atoms with Crippen molar-refractivity contribution in [3.05, 3.63) is 70.8 Å². The zero-order valence-corrected chi connectivity index (χ0v) is 15.4. The molecule has 0 saturated carbocycles. The molecule has 2 rings (SSSR count). The van der Waals surface area contributed by atoms with Gasteiger partial charge in [0.25, 0.3) is 12.9 Å². The van der Waals surface area contributed by atoms with Gasteiger partial charge in [-0.05, 0) is 11.1 Å². The Labute approximate surface area is 169 Å². The second kappa shape index (κ2) is 13.4. The van der Waals surface area contributed by atoms with Crippen LogP contribution in [0.15, 0.2) is 48.5 Å². The van der Waals surface area contributed by atoms with Gasteiger partial charge in [0.15, 0.2) is 0 Å². The minimum Gasteiger partial charge on any atom is -0.269 e. The van der Waals surface area contributed by atoms with E-state index in [2.05, 4.69) is 0 Å². The summed E-state index contributed by atoms with van der Waals surface area (Å²) in [7, 11) is 0. The third-order valence-electron chi connectivity index (χ3n) is 2.88. The van der Waals surface area contributed by atoms with Crippen molar-refractivity contribution in [3.8, 4) is 0 Å². The highest BCUT2D eigenvalue weighted by molar-refractivity contribution is 6.44. The van der Waals surface area contributed by atoms with Gasteiger partial charge >= 0.3 is 0 Å². The quantitative estimate of drug-likeness (QED) is 0.317. The lowest BCUT2D eigenvalue weighted by Crippen LogP contribution is -1.87. The first-order chi connectivity index (χ1) is 11.2. The van der Waals surface area contributed by atoms with Crippen LogP contribution in [0.2, 0.25) is 0 Å². The fourth-order valence-electron chi connectivity index (χ4n) is 1.57. The average Bonchev–Trinajstić information content (AvgIpc) is 2.55. The highest BCUT2D eigenvalue weighted by atomic mass is 35.5. The highest BCUT2D eigenvalue weighted by Gasteiger charge is 2.09. The lowest BCUT2D eigenvalue weighted by molar-refractivity contribution is 0.147. The lowest BCUT2D eigenvalue weighted by atomic mass is 10.1. The second-order valence-electron chi connectivity index (χ2n) is 4.54. The fraction of sp³-hybridized carbons (Fsp3) is 0.294. The normalized spacial score (nSPS) is 10.3. The van der Waals surface area contributed by atoms with Gasteiger partial charge in [-0.1, -0.05) is 56.0 Å². The molecular weight excluding hydrogens is 441 g/mol. The summed E-state index contributed by atoms with van der Waals surface area (Å²) in [6.07, 6.45) is -5.20. The molecule has 9 heteroatoms. The van der Waals surface area contributed by atoms with Crippen LogP contribution in [0.5, 0.6) is 0 Å². The zero-order valence-electron chi connectivity index (χ0n) is 12.4. The monoisotopic (exact) mass is 456 g/mol. The number of rotatable bonds is 4. The highest BCUT2D eigenvalue weighted by Crippen LogP contribution is 2.29. The molecule has 0 aliphatic carbocycles. The van der Waals surface area contributed by atoms with Crippen LogP contribution in [0.25, 0.3) is 0 Å². The van der Waals surface area contributed by atoms with Gasteiger partial charge in [-0.2, -0.15) is 0 Å². The van der Waals surface area contributed by atoms with Crippen LogP contribution < -0.4 is 0 Å². The van der Waals surface area contributed by atoms with E-state index in [0.29, 0.717) is 0 Å². The molecule has 26 heavy (non-hydrogen) atoms. The molecular formula is C17H17Cl4F5. The molecule has 0 heterocycles. The van der Waals surface area contributed by atoms with E-state index < -0.39 is 22.5 Å². The van der Waals surface area contributed by atoms with Gasteiger partial charge in [0.2, 0.25) is 0 Å². The van der Waals surface area contributed by atoms with Crippen molar-refractivity contribution in [1.82, 2.24) is 0 Å². The van der Waals surface area contributed by atoms with Gasteiger partial charge in [-0.25, -0.2) is 17.6 Å². The largest absolute Gasteiger partial charge is 0.269 e. The molecule has 0 aliphatic rings. The summed E-state index contributed by atoms with van der Waals surface area (Å²) in [6.45, 7) is 0. The first-order valence-electron chi connectivity index (χ1n) is 6.54. The summed E-state index contributed by atoms with van der Waals surface area (Å²) in [5, 5.41) is 0. The number of hydrogen-bond acceptors (Lipinski definition) is 0. The van der Waals surface area contributed by atoms with Crippen LogP contribution >= 0.6 is 46.4 Å². The Kier molecular flexibility index (Phi) is 14.2. The van der Waals surface area contributed by atoms with E-state index in [0.717, 1.165) is 35.4 Å². The zero-order chi connectivity index (χ0) is 18.3. The molecule has 0 bridgehead atoms. The Hall–Kier alpha value is -0.750. The first kappa shape index (κ1) is 27.5. The molecule has 2 aromatic rings. The Bertz CT molecular complexity index is 492. The Balaban J connectivity index is 0. The molecule has 0 aliphatic heterocycles. The Morgan fingerprint density at radius 1 is 0.500 bits per heavy atom. The average molecular weight is 458 g/mol. The van der Waals surface area contributed by atoms with Crippen molar-refractivity contribution in [2.45, 2.75) is 30.0 Å². The molecule has 0 saturated heterocycles. The van der Waals surface area contributed by atoms with Crippen molar-refractivity contribution >= 4 is 46.4 Å². The van der Waals surface area contributed by atoms with E-state index in [1.807, 2.05) is 0 Å². The minimum absolute atomic E-state index is 0. The second-order valence-corrected chi connectivity index (χ2v) is 6.73. The molecule has 0 atom stereocenters. The summed E-state index contributed by atoms with van der Waals surface area (Å²) in [5.74, 6) is 0. The van der Waals surface area contributed by atoms with E-state index in [4.69, 9.17) is 46.4 Å². The SMILES string of the molecule is C.ClC(Cl)c1ccc(C(Cl)Cl)cc1.F.FC(F)c1ccc(C(F)F)cc1. The molecule has 0 nitrogen and oxygen atoms in total. The smallest absolute Gasteiger partial charge is 0.263 e. The van der Waals surface area contributed by atoms with Crippen LogP contribution in [0.3, 0.4) is 0 Å². The third kappa shape index (κ3) is 9.26. The standard InChI is InChI=1S/C8H6Cl4.C8H6F4.CH4.FH/c2*9-7(10)5-1-2-6(4-3-5)8(11)12;;/h2*1-4,7-8H;1H4;1H. The van der Waals surface area contributed by atoms with E-state index >= 15 is 0 Å². The first-order valence-corrected chi connectivity index (χ1v) is 8.29. The molecule has 0 unspecified atom stereocenters. The maximum atomic E-state index is 11.9. The minimum atomic E-state index is -2.60. The molecule has 148 valence electrons. The molecule has 2 aromatic carbocycles. The van der Waals surface area contributed by atoms with Crippen molar-refractivity contribution in [1.29, 1.82) is 0 Å². The maximum Gasteiger partial charge on any atom is 0.263 e. The van der Waals surface area contributed by atoms with Crippen LogP contribution in [-0.2, 0) is 0 Å². The summed E-state index contributed by atoms with van der Waals surface area (Å²) >= 11 is 22.5. The van der Waals surface area contributed by atoms with Gasteiger partial charge in [-0.3, -0.25) is 4.70 Å². The summed E-state index contributed by atoms with van der Waals surface area (Å²) in [6, 6.07) is 11.2. The molecule has 0 fully saturated rings. The maximum absolute atomic E-state index is 11.9.